The lowest BCUT2D eigenvalue weighted by Gasteiger charge is -2.14. The van der Waals surface area contributed by atoms with Crippen LogP contribution in [0.4, 0.5) is 0 Å². The van der Waals surface area contributed by atoms with Gasteiger partial charge in [0.1, 0.15) is 0 Å². The maximum atomic E-state index is 9.69. The van der Waals surface area contributed by atoms with Gasteiger partial charge in [0.05, 0.1) is 17.5 Å². The van der Waals surface area contributed by atoms with Crippen LogP contribution in [0.15, 0.2) is 79.3 Å². The molecule has 29 heavy (non-hydrogen) atoms. The van der Waals surface area contributed by atoms with Crippen molar-refractivity contribution >= 4 is 10.9 Å². The molecule has 0 aliphatic heterocycles. The van der Waals surface area contributed by atoms with Gasteiger partial charge in [0.15, 0.2) is 0 Å². The van der Waals surface area contributed by atoms with E-state index in [1.807, 2.05) is 24.4 Å². The van der Waals surface area contributed by atoms with E-state index >= 15 is 0 Å². The Balaban J connectivity index is 1.75. The van der Waals surface area contributed by atoms with Gasteiger partial charge in [0.25, 0.3) is 0 Å². The SMILES string of the molecule is CC(C)c1cc(-c2cccc(CC(C#N)c3ccncc3)c2)c2ncccc2c1. The maximum Gasteiger partial charge on any atom is 0.0780 e. The summed E-state index contributed by atoms with van der Waals surface area (Å²) in [6, 6.07) is 23.4. The molecule has 0 bridgehead atoms. The van der Waals surface area contributed by atoms with Crippen molar-refractivity contribution in [2.24, 2.45) is 0 Å². The summed E-state index contributed by atoms with van der Waals surface area (Å²) in [5.41, 5.74) is 6.75. The molecule has 2 heterocycles. The van der Waals surface area contributed by atoms with Crippen LogP contribution in [0.1, 0.15) is 42.4 Å². The van der Waals surface area contributed by atoms with Crippen LogP contribution in [-0.4, -0.2) is 9.97 Å². The fourth-order valence-electron chi connectivity index (χ4n) is 3.70. The monoisotopic (exact) mass is 377 g/mol. The lowest BCUT2D eigenvalue weighted by molar-refractivity contribution is 0.846. The van der Waals surface area contributed by atoms with Gasteiger partial charge in [-0.15, -0.1) is 0 Å². The van der Waals surface area contributed by atoms with Crippen molar-refractivity contribution < 1.29 is 0 Å². The lowest BCUT2D eigenvalue weighted by Crippen LogP contribution is -2.01. The van der Waals surface area contributed by atoms with Crippen molar-refractivity contribution in [1.82, 2.24) is 9.97 Å². The number of benzene rings is 2. The highest BCUT2D eigenvalue weighted by Crippen LogP contribution is 2.32. The van der Waals surface area contributed by atoms with Crippen molar-refractivity contribution in [2.45, 2.75) is 32.1 Å². The smallest absolute Gasteiger partial charge is 0.0780 e. The number of rotatable bonds is 5. The van der Waals surface area contributed by atoms with E-state index in [9.17, 15) is 5.26 Å². The van der Waals surface area contributed by atoms with Crippen LogP contribution in [0.3, 0.4) is 0 Å². The minimum atomic E-state index is -0.190. The lowest BCUT2D eigenvalue weighted by atomic mass is 9.90. The highest BCUT2D eigenvalue weighted by Gasteiger charge is 2.14. The number of nitrogens with zero attached hydrogens (tertiary/aromatic N) is 3. The summed E-state index contributed by atoms with van der Waals surface area (Å²) in [7, 11) is 0. The maximum absolute atomic E-state index is 9.69. The van der Waals surface area contributed by atoms with Crippen LogP contribution < -0.4 is 0 Å². The molecular weight excluding hydrogens is 354 g/mol. The van der Waals surface area contributed by atoms with Gasteiger partial charge in [-0.25, -0.2) is 0 Å². The number of hydrogen-bond donors (Lipinski definition) is 0. The molecule has 0 fully saturated rings. The van der Waals surface area contributed by atoms with E-state index in [4.69, 9.17) is 0 Å². The summed E-state index contributed by atoms with van der Waals surface area (Å²) >= 11 is 0. The quantitative estimate of drug-likeness (QED) is 0.412. The van der Waals surface area contributed by atoms with Crippen molar-refractivity contribution in [3.8, 4) is 17.2 Å². The molecule has 0 radical (unpaired) electrons. The molecule has 0 aliphatic rings. The van der Waals surface area contributed by atoms with Crippen molar-refractivity contribution in [2.75, 3.05) is 0 Å². The molecule has 0 saturated heterocycles. The molecule has 4 aromatic rings. The molecule has 0 spiro atoms. The zero-order chi connectivity index (χ0) is 20.2. The van der Waals surface area contributed by atoms with E-state index in [0.717, 1.165) is 33.2 Å². The molecule has 1 atom stereocenters. The van der Waals surface area contributed by atoms with Crippen LogP contribution in [0, 0.1) is 11.3 Å². The minimum absolute atomic E-state index is 0.190. The largest absolute Gasteiger partial charge is 0.265 e. The molecular formula is C26H23N3. The summed E-state index contributed by atoms with van der Waals surface area (Å²) in [4.78, 5) is 8.71. The summed E-state index contributed by atoms with van der Waals surface area (Å²) in [6.45, 7) is 4.42. The van der Waals surface area contributed by atoms with Crippen LogP contribution in [-0.2, 0) is 6.42 Å². The predicted octanol–water partition coefficient (Wildman–Crippen LogP) is 6.27. The molecule has 2 aromatic carbocycles. The van der Waals surface area contributed by atoms with Gasteiger partial charge in [-0.3, -0.25) is 9.97 Å². The second kappa shape index (κ2) is 8.24. The van der Waals surface area contributed by atoms with Gasteiger partial charge in [-0.2, -0.15) is 5.26 Å². The Morgan fingerprint density at radius 3 is 2.48 bits per heavy atom. The van der Waals surface area contributed by atoms with E-state index in [1.165, 1.54) is 5.56 Å². The van der Waals surface area contributed by atoms with Gasteiger partial charge in [0, 0.05) is 29.5 Å². The first kappa shape index (κ1) is 18.8. The van der Waals surface area contributed by atoms with E-state index in [1.54, 1.807) is 12.4 Å². The van der Waals surface area contributed by atoms with Gasteiger partial charge in [0.2, 0.25) is 0 Å². The molecule has 0 amide bonds. The van der Waals surface area contributed by atoms with Gasteiger partial charge >= 0.3 is 0 Å². The van der Waals surface area contributed by atoms with Crippen molar-refractivity contribution in [3.05, 3.63) is 95.9 Å². The number of aromatic nitrogens is 2. The van der Waals surface area contributed by atoms with E-state index < -0.39 is 0 Å². The number of fused-ring (bicyclic) bond motifs is 1. The Labute approximate surface area is 171 Å². The Hall–Kier alpha value is -3.51. The molecule has 4 rings (SSSR count). The summed E-state index contributed by atoms with van der Waals surface area (Å²) < 4.78 is 0. The Bertz CT molecular complexity index is 1170. The molecule has 0 aliphatic carbocycles. The molecule has 1 unspecified atom stereocenters. The third kappa shape index (κ3) is 4.02. The standard InChI is InChI=1S/C26H23N3/c1-18(2)23-15-22-7-4-10-29-26(22)25(16-23)21-6-3-5-19(13-21)14-24(17-27)20-8-11-28-12-9-20/h3-13,15-16,18,24H,14H2,1-2H3. The first-order valence-electron chi connectivity index (χ1n) is 9.93. The normalized spacial score (nSPS) is 12.1. The van der Waals surface area contributed by atoms with Gasteiger partial charge in [-0.1, -0.05) is 44.2 Å². The fourth-order valence-corrected chi connectivity index (χ4v) is 3.70. The molecule has 3 nitrogen and oxygen atoms in total. The second-order valence-electron chi connectivity index (χ2n) is 7.67. The third-order valence-corrected chi connectivity index (χ3v) is 5.34. The number of pyridine rings is 2. The van der Waals surface area contributed by atoms with Crippen LogP contribution in [0.5, 0.6) is 0 Å². The predicted molar refractivity (Wildman–Crippen MR) is 118 cm³/mol. The molecule has 0 N–H and O–H groups in total. The second-order valence-corrected chi connectivity index (χ2v) is 7.67. The van der Waals surface area contributed by atoms with Gasteiger partial charge in [-0.05, 0) is 64.9 Å². The minimum Gasteiger partial charge on any atom is -0.265 e. The van der Waals surface area contributed by atoms with Crippen molar-refractivity contribution in [3.63, 3.8) is 0 Å². The van der Waals surface area contributed by atoms with Crippen LogP contribution in [0.2, 0.25) is 0 Å². The zero-order valence-electron chi connectivity index (χ0n) is 16.7. The summed E-state index contributed by atoms with van der Waals surface area (Å²) in [5, 5.41) is 10.8. The van der Waals surface area contributed by atoms with E-state index in [2.05, 4.69) is 72.3 Å². The van der Waals surface area contributed by atoms with Crippen LogP contribution >= 0.6 is 0 Å². The Morgan fingerprint density at radius 2 is 1.72 bits per heavy atom. The first-order valence-corrected chi connectivity index (χ1v) is 9.93. The Morgan fingerprint density at radius 1 is 0.897 bits per heavy atom. The molecule has 2 aromatic heterocycles. The van der Waals surface area contributed by atoms with E-state index in [-0.39, 0.29) is 5.92 Å². The van der Waals surface area contributed by atoms with Crippen molar-refractivity contribution in [1.29, 1.82) is 5.26 Å². The molecule has 0 saturated carbocycles. The highest BCUT2D eigenvalue weighted by molar-refractivity contribution is 5.94. The average molecular weight is 377 g/mol. The summed E-state index contributed by atoms with van der Waals surface area (Å²) in [6.07, 6.45) is 6.00. The molecule has 3 heteroatoms. The first-order chi connectivity index (χ1) is 14.2. The topological polar surface area (TPSA) is 49.6 Å². The van der Waals surface area contributed by atoms with Gasteiger partial charge < -0.3 is 0 Å². The molecule has 142 valence electrons. The average Bonchev–Trinajstić information content (AvgIpc) is 2.77. The Kier molecular flexibility index (Phi) is 5.35. The van der Waals surface area contributed by atoms with Crippen LogP contribution in [0.25, 0.3) is 22.0 Å². The number of nitriles is 1. The third-order valence-electron chi connectivity index (χ3n) is 5.34. The number of hydrogen-bond acceptors (Lipinski definition) is 3. The summed E-state index contributed by atoms with van der Waals surface area (Å²) in [5.74, 6) is 0.251. The zero-order valence-corrected chi connectivity index (χ0v) is 16.7. The van der Waals surface area contributed by atoms with E-state index in [0.29, 0.717) is 12.3 Å². The fraction of sp³-hybridized carbons (Fsp3) is 0.192. The highest BCUT2D eigenvalue weighted by atomic mass is 14.6.